The number of hydrogen-bond acceptors (Lipinski definition) is 8. The van der Waals surface area contributed by atoms with Gasteiger partial charge in [0.25, 0.3) is 0 Å². The molecule has 0 aliphatic carbocycles. The summed E-state index contributed by atoms with van der Waals surface area (Å²) in [5, 5.41) is 6.13. The first-order chi connectivity index (χ1) is 11.9. The van der Waals surface area contributed by atoms with Crippen molar-refractivity contribution in [3.8, 4) is 0 Å². The molecule has 0 aliphatic rings. The van der Waals surface area contributed by atoms with Gasteiger partial charge in [0.05, 0.1) is 11.1 Å². The van der Waals surface area contributed by atoms with Gasteiger partial charge in [0, 0.05) is 6.54 Å². The SMILES string of the molecule is CC(C)(C)OC(=O)NC(CCNc1ncc(C=O)s1)C(=O)OC(C)(C)C. The highest BCUT2D eigenvalue weighted by atomic mass is 32.1. The molecule has 0 spiro atoms. The van der Waals surface area contributed by atoms with E-state index in [0.717, 1.165) is 6.29 Å². The van der Waals surface area contributed by atoms with Crippen molar-refractivity contribution in [2.75, 3.05) is 11.9 Å². The second-order valence-corrected chi connectivity index (χ2v) is 8.70. The van der Waals surface area contributed by atoms with E-state index in [-0.39, 0.29) is 6.42 Å². The topological polar surface area (TPSA) is 107 Å². The third-order valence-electron chi connectivity index (χ3n) is 2.73. The Kier molecular flexibility index (Phi) is 7.55. The van der Waals surface area contributed by atoms with Crippen molar-refractivity contribution in [3.05, 3.63) is 11.1 Å². The Hall–Kier alpha value is -2.16. The molecule has 2 N–H and O–H groups in total. The number of nitrogens with zero attached hydrogens (tertiary/aromatic N) is 1. The van der Waals surface area contributed by atoms with Gasteiger partial charge in [0.2, 0.25) is 0 Å². The summed E-state index contributed by atoms with van der Waals surface area (Å²) in [5.41, 5.74) is -1.35. The fourth-order valence-corrected chi connectivity index (χ4v) is 2.47. The third-order valence-corrected chi connectivity index (χ3v) is 3.61. The van der Waals surface area contributed by atoms with Crippen molar-refractivity contribution in [2.24, 2.45) is 0 Å². The standard InChI is InChI=1S/C17H27N3O5S/c1-16(2,3)24-13(22)12(20-15(23)25-17(4,5)6)7-8-18-14-19-9-11(10-21)26-14/h9-10,12H,7-8H2,1-6H3,(H,18,19)(H,20,23). The number of amides is 1. The zero-order chi connectivity index (χ0) is 20.0. The predicted octanol–water partition coefficient (Wildman–Crippen LogP) is 2.99. The summed E-state index contributed by atoms with van der Waals surface area (Å²) in [7, 11) is 0. The Morgan fingerprint density at radius 3 is 2.31 bits per heavy atom. The van der Waals surface area contributed by atoms with Crippen molar-refractivity contribution < 1.29 is 23.9 Å². The summed E-state index contributed by atoms with van der Waals surface area (Å²) in [6, 6.07) is -0.873. The van der Waals surface area contributed by atoms with E-state index in [2.05, 4.69) is 15.6 Å². The van der Waals surface area contributed by atoms with Gasteiger partial charge >= 0.3 is 12.1 Å². The fraction of sp³-hybridized carbons (Fsp3) is 0.647. The number of carbonyl (C=O) groups excluding carboxylic acids is 3. The molecular weight excluding hydrogens is 358 g/mol. The van der Waals surface area contributed by atoms with Crippen LogP contribution in [0, 0.1) is 0 Å². The first-order valence-corrected chi connectivity index (χ1v) is 9.08. The molecule has 1 unspecified atom stereocenters. The maximum absolute atomic E-state index is 12.4. The molecule has 9 heteroatoms. The molecule has 26 heavy (non-hydrogen) atoms. The number of ether oxygens (including phenoxy) is 2. The average Bonchev–Trinajstić information content (AvgIpc) is 2.90. The molecule has 8 nitrogen and oxygen atoms in total. The van der Waals surface area contributed by atoms with Crippen LogP contribution in [0.5, 0.6) is 0 Å². The molecule has 1 rings (SSSR count). The number of aldehydes is 1. The summed E-state index contributed by atoms with van der Waals surface area (Å²) in [4.78, 5) is 39.6. The molecule has 1 aromatic heterocycles. The molecule has 146 valence electrons. The normalized spacial score (nSPS) is 12.8. The van der Waals surface area contributed by atoms with Crippen molar-refractivity contribution in [1.82, 2.24) is 10.3 Å². The molecular formula is C17H27N3O5S. The first kappa shape index (κ1) is 21.9. The third kappa shape index (κ3) is 8.80. The highest BCUT2D eigenvalue weighted by molar-refractivity contribution is 7.17. The number of carbonyl (C=O) groups is 3. The van der Waals surface area contributed by atoms with E-state index in [1.807, 2.05) is 0 Å². The van der Waals surface area contributed by atoms with Gasteiger partial charge in [-0.05, 0) is 48.0 Å². The van der Waals surface area contributed by atoms with Crippen LogP contribution >= 0.6 is 11.3 Å². The van der Waals surface area contributed by atoms with E-state index in [4.69, 9.17) is 9.47 Å². The van der Waals surface area contributed by atoms with Gasteiger partial charge in [-0.2, -0.15) is 0 Å². The minimum absolute atomic E-state index is 0.268. The highest BCUT2D eigenvalue weighted by Crippen LogP contribution is 2.16. The van der Waals surface area contributed by atoms with Crippen LogP contribution in [0.3, 0.4) is 0 Å². The summed E-state index contributed by atoms with van der Waals surface area (Å²) < 4.78 is 10.6. The van der Waals surface area contributed by atoms with E-state index in [1.54, 1.807) is 41.5 Å². The zero-order valence-electron chi connectivity index (χ0n) is 16.0. The molecule has 0 saturated carbocycles. The number of anilines is 1. The molecule has 0 aliphatic heterocycles. The molecule has 0 radical (unpaired) electrons. The summed E-state index contributed by atoms with van der Waals surface area (Å²) in [6.45, 7) is 10.8. The molecule has 1 aromatic rings. The van der Waals surface area contributed by atoms with Crippen molar-refractivity contribution in [2.45, 2.75) is 65.2 Å². The molecule has 1 amide bonds. The van der Waals surface area contributed by atoms with Gasteiger partial charge in [-0.25, -0.2) is 14.6 Å². The van der Waals surface area contributed by atoms with Gasteiger partial charge in [-0.3, -0.25) is 4.79 Å². The lowest BCUT2D eigenvalue weighted by molar-refractivity contribution is -0.157. The largest absolute Gasteiger partial charge is 0.458 e. The number of thiazole rings is 1. The quantitative estimate of drug-likeness (QED) is 0.549. The smallest absolute Gasteiger partial charge is 0.408 e. The Bertz CT molecular complexity index is 631. The minimum Gasteiger partial charge on any atom is -0.458 e. The Morgan fingerprint density at radius 1 is 1.19 bits per heavy atom. The lowest BCUT2D eigenvalue weighted by Crippen LogP contribution is -2.46. The van der Waals surface area contributed by atoms with Crippen molar-refractivity contribution in [1.29, 1.82) is 0 Å². The molecule has 1 heterocycles. The zero-order valence-corrected chi connectivity index (χ0v) is 16.9. The average molecular weight is 385 g/mol. The second-order valence-electron chi connectivity index (χ2n) is 7.63. The Balaban J connectivity index is 2.68. The fourth-order valence-electron chi connectivity index (χ4n) is 1.82. The number of hydrogen-bond donors (Lipinski definition) is 2. The first-order valence-electron chi connectivity index (χ1n) is 8.27. The molecule has 1 atom stereocenters. The van der Waals surface area contributed by atoms with E-state index in [1.165, 1.54) is 17.5 Å². The monoisotopic (exact) mass is 385 g/mol. The minimum atomic E-state index is -0.873. The van der Waals surface area contributed by atoms with Crippen LogP contribution in [0.15, 0.2) is 6.20 Å². The number of esters is 1. The lowest BCUT2D eigenvalue weighted by Gasteiger charge is -2.26. The maximum Gasteiger partial charge on any atom is 0.408 e. The van der Waals surface area contributed by atoms with Gasteiger partial charge < -0.3 is 20.1 Å². The molecule has 0 fully saturated rings. The van der Waals surface area contributed by atoms with Crippen LogP contribution in [0.1, 0.15) is 57.6 Å². The predicted molar refractivity (Wildman–Crippen MR) is 99.6 cm³/mol. The van der Waals surface area contributed by atoms with E-state index >= 15 is 0 Å². The van der Waals surface area contributed by atoms with Crippen LogP contribution in [0.2, 0.25) is 0 Å². The van der Waals surface area contributed by atoms with Crippen LogP contribution in [0.4, 0.5) is 9.93 Å². The van der Waals surface area contributed by atoms with Gasteiger partial charge in [-0.1, -0.05) is 11.3 Å². The van der Waals surface area contributed by atoms with Crippen molar-refractivity contribution >= 4 is 34.8 Å². The molecule has 0 aromatic carbocycles. The van der Waals surface area contributed by atoms with Crippen molar-refractivity contribution in [3.63, 3.8) is 0 Å². The maximum atomic E-state index is 12.4. The van der Waals surface area contributed by atoms with Crippen LogP contribution in [-0.4, -0.2) is 47.1 Å². The number of aromatic nitrogens is 1. The molecule has 0 saturated heterocycles. The Labute approximate surface area is 157 Å². The lowest BCUT2D eigenvalue weighted by atomic mass is 10.1. The summed E-state index contributed by atoms with van der Waals surface area (Å²) >= 11 is 1.21. The number of nitrogens with one attached hydrogen (secondary N) is 2. The number of rotatable bonds is 7. The molecule has 0 bridgehead atoms. The summed E-state index contributed by atoms with van der Waals surface area (Å²) in [5.74, 6) is -0.544. The van der Waals surface area contributed by atoms with E-state index in [0.29, 0.717) is 16.6 Å². The number of alkyl carbamates (subject to hydrolysis) is 1. The second kappa shape index (κ2) is 8.98. The van der Waals surface area contributed by atoms with Crippen LogP contribution in [0.25, 0.3) is 0 Å². The van der Waals surface area contributed by atoms with E-state index < -0.39 is 29.3 Å². The Morgan fingerprint density at radius 2 is 1.81 bits per heavy atom. The summed E-state index contributed by atoms with van der Waals surface area (Å²) in [6.07, 6.45) is 1.76. The van der Waals surface area contributed by atoms with Gasteiger partial charge in [0.15, 0.2) is 11.4 Å². The van der Waals surface area contributed by atoms with Crippen LogP contribution in [-0.2, 0) is 14.3 Å². The highest BCUT2D eigenvalue weighted by Gasteiger charge is 2.28. The van der Waals surface area contributed by atoms with Gasteiger partial charge in [0.1, 0.15) is 17.2 Å². The van der Waals surface area contributed by atoms with Crippen LogP contribution < -0.4 is 10.6 Å². The van der Waals surface area contributed by atoms with Gasteiger partial charge in [-0.15, -0.1) is 0 Å². The van der Waals surface area contributed by atoms with E-state index in [9.17, 15) is 14.4 Å².